The maximum absolute atomic E-state index is 13.5. The highest BCUT2D eigenvalue weighted by Crippen LogP contribution is 2.24. The van der Waals surface area contributed by atoms with Gasteiger partial charge in [-0.2, -0.15) is 0 Å². The molecule has 3 amide bonds. The Morgan fingerprint density at radius 2 is 1.34 bits per heavy atom. The van der Waals surface area contributed by atoms with E-state index in [0.29, 0.717) is 29.2 Å². The van der Waals surface area contributed by atoms with Crippen LogP contribution >= 0.6 is 11.8 Å². The van der Waals surface area contributed by atoms with Crippen molar-refractivity contribution in [1.29, 1.82) is 0 Å². The molecule has 0 unspecified atom stereocenters. The van der Waals surface area contributed by atoms with E-state index < -0.39 is 11.8 Å². The molecule has 5 rings (SSSR count). The summed E-state index contributed by atoms with van der Waals surface area (Å²) < 4.78 is 5.88. The van der Waals surface area contributed by atoms with Gasteiger partial charge in [0.25, 0.3) is 11.8 Å². The molecule has 8 heteroatoms. The van der Waals surface area contributed by atoms with Crippen molar-refractivity contribution in [1.82, 2.24) is 5.32 Å². The maximum atomic E-state index is 13.5. The van der Waals surface area contributed by atoms with Crippen LogP contribution in [0.25, 0.3) is 6.08 Å². The van der Waals surface area contributed by atoms with E-state index in [1.54, 1.807) is 42.5 Å². The number of thioether (sulfide) groups is 1. The van der Waals surface area contributed by atoms with Crippen LogP contribution in [0.15, 0.2) is 138 Å². The quantitative estimate of drug-likeness (QED) is 0.0947. The zero-order valence-electron chi connectivity index (χ0n) is 26.2. The molecule has 5 aromatic carbocycles. The summed E-state index contributed by atoms with van der Waals surface area (Å²) >= 11 is 1.40. The lowest BCUT2D eigenvalue weighted by Gasteiger charge is -2.13. The second-order valence-corrected chi connectivity index (χ2v) is 11.9. The lowest BCUT2D eigenvalue weighted by atomic mass is 10.1. The SMILES string of the molecule is Cc1cccc(C)c1NC(=O)CSc1ccc(NC(=O)/C(=C/c2ccc(OCc3ccccc3)cc2)NC(=O)c2ccccc2)cc1. The molecule has 0 saturated heterocycles. The van der Waals surface area contributed by atoms with E-state index >= 15 is 0 Å². The largest absolute Gasteiger partial charge is 0.489 e. The van der Waals surface area contributed by atoms with Crippen molar-refractivity contribution in [3.8, 4) is 5.75 Å². The zero-order chi connectivity index (χ0) is 33.0. The van der Waals surface area contributed by atoms with Gasteiger partial charge in [-0.1, -0.05) is 78.9 Å². The van der Waals surface area contributed by atoms with Crippen molar-refractivity contribution in [2.75, 3.05) is 16.4 Å². The molecule has 0 heterocycles. The molecule has 0 atom stereocenters. The van der Waals surface area contributed by atoms with Crippen LogP contribution in [-0.4, -0.2) is 23.5 Å². The van der Waals surface area contributed by atoms with Gasteiger partial charge in [0.2, 0.25) is 5.91 Å². The van der Waals surface area contributed by atoms with Gasteiger partial charge in [0.15, 0.2) is 0 Å². The number of nitrogens with one attached hydrogen (secondary N) is 3. The first-order valence-corrected chi connectivity index (χ1v) is 16.1. The summed E-state index contributed by atoms with van der Waals surface area (Å²) in [6.45, 7) is 4.37. The van der Waals surface area contributed by atoms with E-state index in [9.17, 15) is 14.4 Å². The Bertz CT molecular complexity index is 1840. The van der Waals surface area contributed by atoms with E-state index in [2.05, 4.69) is 16.0 Å². The van der Waals surface area contributed by atoms with Crippen LogP contribution in [0.2, 0.25) is 0 Å². The molecule has 0 aliphatic carbocycles. The molecule has 0 aliphatic heterocycles. The number of amides is 3. The van der Waals surface area contributed by atoms with Gasteiger partial charge >= 0.3 is 0 Å². The van der Waals surface area contributed by atoms with Crippen LogP contribution in [0.1, 0.15) is 32.6 Å². The summed E-state index contributed by atoms with van der Waals surface area (Å²) in [4.78, 5) is 39.9. The molecule has 0 bridgehead atoms. The van der Waals surface area contributed by atoms with Gasteiger partial charge in [0, 0.05) is 21.8 Å². The topological polar surface area (TPSA) is 96.5 Å². The molecule has 0 spiro atoms. The third-order valence-corrected chi connectivity index (χ3v) is 8.21. The molecule has 5 aromatic rings. The summed E-state index contributed by atoms with van der Waals surface area (Å²) in [6.07, 6.45) is 1.62. The lowest BCUT2D eigenvalue weighted by molar-refractivity contribution is -0.114. The van der Waals surface area contributed by atoms with Gasteiger partial charge < -0.3 is 20.7 Å². The Morgan fingerprint density at radius 1 is 0.702 bits per heavy atom. The number of aryl methyl sites for hydroxylation is 2. The van der Waals surface area contributed by atoms with E-state index in [1.165, 1.54) is 11.8 Å². The molecular weight excluding hydrogens is 607 g/mol. The molecule has 0 radical (unpaired) electrons. The van der Waals surface area contributed by atoms with Crippen LogP contribution in [0.3, 0.4) is 0 Å². The Kier molecular flexibility index (Phi) is 11.2. The smallest absolute Gasteiger partial charge is 0.272 e. The average Bonchev–Trinajstić information content (AvgIpc) is 3.10. The lowest BCUT2D eigenvalue weighted by Crippen LogP contribution is -2.30. The third-order valence-electron chi connectivity index (χ3n) is 7.20. The molecule has 0 aliphatic rings. The Hall–Kier alpha value is -5.60. The number of para-hydroxylation sites is 1. The van der Waals surface area contributed by atoms with Gasteiger partial charge in [-0.15, -0.1) is 11.8 Å². The van der Waals surface area contributed by atoms with Crippen LogP contribution in [0.5, 0.6) is 5.75 Å². The first-order valence-electron chi connectivity index (χ1n) is 15.1. The molecular formula is C39H35N3O4S. The summed E-state index contributed by atoms with van der Waals surface area (Å²) in [5, 5.41) is 8.63. The van der Waals surface area contributed by atoms with Crippen molar-refractivity contribution in [2.24, 2.45) is 0 Å². The van der Waals surface area contributed by atoms with Crippen LogP contribution in [-0.2, 0) is 16.2 Å². The summed E-state index contributed by atoms with van der Waals surface area (Å²) in [6, 6.07) is 39.0. The number of hydrogen-bond donors (Lipinski definition) is 3. The highest BCUT2D eigenvalue weighted by molar-refractivity contribution is 8.00. The molecule has 0 aromatic heterocycles. The fraction of sp³-hybridized carbons (Fsp3) is 0.103. The summed E-state index contributed by atoms with van der Waals surface area (Å²) in [5.74, 6) is -0.0445. The zero-order valence-corrected chi connectivity index (χ0v) is 27.0. The average molecular weight is 642 g/mol. The standard InChI is InChI=1S/C39H35N3O4S/c1-27-10-9-11-28(2)37(27)42-36(43)26-47-34-22-18-32(19-23-34)40-39(45)35(41-38(44)31-14-7-4-8-15-31)24-29-16-20-33(21-17-29)46-25-30-12-5-3-6-13-30/h3-24H,25-26H2,1-2H3,(H,40,45)(H,41,44)(H,42,43)/b35-24-. The minimum Gasteiger partial charge on any atom is -0.489 e. The van der Waals surface area contributed by atoms with Gasteiger partial charge in [-0.25, -0.2) is 0 Å². The van der Waals surface area contributed by atoms with E-state index in [1.807, 2.05) is 105 Å². The highest BCUT2D eigenvalue weighted by atomic mass is 32.2. The number of hydrogen-bond acceptors (Lipinski definition) is 5. The number of anilines is 2. The number of ether oxygens (including phenoxy) is 1. The van der Waals surface area contributed by atoms with Crippen molar-refractivity contribution in [3.05, 3.63) is 161 Å². The number of carbonyl (C=O) groups excluding carboxylic acids is 3. The van der Waals surface area contributed by atoms with Crippen LogP contribution in [0.4, 0.5) is 11.4 Å². The van der Waals surface area contributed by atoms with Crippen molar-refractivity contribution in [3.63, 3.8) is 0 Å². The molecule has 0 saturated carbocycles. The molecule has 0 fully saturated rings. The molecule has 47 heavy (non-hydrogen) atoms. The Labute approximate surface area is 279 Å². The second-order valence-electron chi connectivity index (χ2n) is 10.8. The van der Waals surface area contributed by atoms with Gasteiger partial charge in [-0.3, -0.25) is 14.4 Å². The van der Waals surface area contributed by atoms with Gasteiger partial charge in [0.1, 0.15) is 18.1 Å². The van der Waals surface area contributed by atoms with E-state index in [4.69, 9.17) is 4.74 Å². The minimum atomic E-state index is -0.480. The van der Waals surface area contributed by atoms with E-state index in [0.717, 1.165) is 27.3 Å². The number of carbonyl (C=O) groups is 3. The first kappa shape index (κ1) is 32.8. The fourth-order valence-electron chi connectivity index (χ4n) is 4.68. The monoisotopic (exact) mass is 641 g/mol. The molecule has 236 valence electrons. The van der Waals surface area contributed by atoms with Crippen LogP contribution < -0.4 is 20.7 Å². The van der Waals surface area contributed by atoms with E-state index in [-0.39, 0.29) is 17.4 Å². The maximum Gasteiger partial charge on any atom is 0.272 e. The normalized spacial score (nSPS) is 11.0. The first-order chi connectivity index (χ1) is 22.8. The highest BCUT2D eigenvalue weighted by Gasteiger charge is 2.16. The Balaban J connectivity index is 1.23. The summed E-state index contributed by atoms with van der Waals surface area (Å²) in [5.41, 5.74) is 5.70. The van der Waals surface area contributed by atoms with Gasteiger partial charge in [-0.05, 0) is 90.7 Å². The predicted molar refractivity (Wildman–Crippen MR) is 189 cm³/mol. The fourth-order valence-corrected chi connectivity index (χ4v) is 5.38. The van der Waals surface area contributed by atoms with Crippen LogP contribution in [0, 0.1) is 13.8 Å². The summed E-state index contributed by atoms with van der Waals surface area (Å²) in [7, 11) is 0. The predicted octanol–water partition coefficient (Wildman–Crippen LogP) is 8.02. The molecule has 7 nitrogen and oxygen atoms in total. The van der Waals surface area contributed by atoms with Crippen molar-refractivity contribution in [2.45, 2.75) is 25.3 Å². The Morgan fingerprint density at radius 3 is 2.00 bits per heavy atom. The van der Waals surface area contributed by atoms with Crippen molar-refractivity contribution < 1.29 is 19.1 Å². The molecule has 3 N–H and O–H groups in total. The van der Waals surface area contributed by atoms with Gasteiger partial charge in [0.05, 0.1) is 5.75 Å². The minimum absolute atomic E-state index is 0.0819. The van der Waals surface area contributed by atoms with Crippen molar-refractivity contribution >= 4 is 46.9 Å². The third kappa shape index (κ3) is 9.69. The second kappa shape index (κ2) is 16.1. The number of benzene rings is 5. The number of rotatable bonds is 12.